The van der Waals surface area contributed by atoms with E-state index >= 15 is 0 Å². The Kier molecular flexibility index (Phi) is 9.05. The van der Waals surface area contributed by atoms with Gasteiger partial charge in [-0.2, -0.15) is 0 Å². The Bertz CT molecular complexity index is 1280. The maximum absolute atomic E-state index is 14.1. The zero-order chi connectivity index (χ0) is 29.9. The van der Waals surface area contributed by atoms with Gasteiger partial charge in [0.1, 0.15) is 23.0 Å². The summed E-state index contributed by atoms with van der Waals surface area (Å²) in [6.45, 7) is 9.22. The van der Waals surface area contributed by atoms with Gasteiger partial charge in [0, 0.05) is 42.3 Å². The van der Waals surface area contributed by atoms with Crippen LogP contribution in [0.2, 0.25) is 0 Å². The van der Waals surface area contributed by atoms with Crippen molar-refractivity contribution in [2.75, 3.05) is 25.0 Å². The monoisotopic (exact) mass is 596 g/mol. The van der Waals surface area contributed by atoms with Crippen molar-refractivity contribution in [2.45, 2.75) is 109 Å². The molecule has 2 saturated heterocycles. The molecule has 0 unspecified atom stereocenters. The van der Waals surface area contributed by atoms with Crippen LogP contribution in [-0.4, -0.2) is 74.5 Å². The molecule has 42 heavy (non-hydrogen) atoms. The maximum atomic E-state index is 14.1. The molecule has 3 amide bonds. The number of hydrogen-bond acceptors (Lipinski definition) is 8. The molecular formula is C31H44N6O4S. The number of nitrogens with one attached hydrogen (secondary N) is 2. The molecule has 3 aliphatic rings. The SMILES string of the molecule is Cc1cnc(Nc2cccc(C3CCN(C(=O)C4(NC(=O)[C@@H]5CCCN5C(=O)OC(C)(C)C)CCCCC4)CC3)n2)s1. The summed E-state index contributed by atoms with van der Waals surface area (Å²) in [6.07, 6.45) is 8.41. The van der Waals surface area contributed by atoms with Crippen molar-refractivity contribution in [2.24, 2.45) is 0 Å². The van der Waals surface area contributed by atoms with Gasteiger partial charge in [-0.15, -0.1) is 11.3 Å². The highest BCUT2D eigenvalue weighted by Crippen LogP contribution is 2.35. The molecule has 2 aromatic rings. The molecule has 2 aromatic heterocycles. The van der Waals surface area contributed by atoms with E-state index in [1.54, 1.807) is 11.3 Å². The molecule has 2 N–H and O–H groups in total. The molecular weight excluding hydrogens is 552 g/mol. The van der Waals surface area contributed by atoms with Gasteiger partial charge in [0.05, 0.1) is 0 Å². The van der Waals surface area contributed by atoms with Gasteiger partial charge in [-0.1, -0.05) is 25.3 Å². The van der Waals surface area contributed by atoms with Crippen LogP contribution in [-0.2, 0) is 14.3 Å². The lowest BCUT2D eigenvalue weighted by atomic mass is 9.79. The molecule has 2 aliphatic heterocycles. The van der Waals surface area contributed by atoms with Crippen LogP contribution in [0.1, 0.15) is 95.0 Å². The van der Waals surface area contributed by atoms with E-state index in [-0.39, 0.29) is 17.7 Å². The maximum Gasteiger partial charge on any atom is 0.410 e. The Morgan fingerprint density at radius 3 is 2.43 bits per heavy atom. The van der Waals surface area contributed by atoms with Crippen molar-refractivity contribution < 1.29 is 19.1 Å². The number of pyridine rings is 1. The number of ether oxygens (including phenoxy) is 1. The van der Waals surface area contributed by atoms with Crippen molar-refractivity contribution in [1.82, 2.24) is 25.1 Å². The number of aromatic nitrogens is 2. The quantitative estimate of drug-likeness (QED) is 0.451. The smallest absolute Gasteiger partial charge is 0.410 e. The van der Waals surface area contributed by atoms with Crippen molar-refractivity contribution in [3.8, 4) is 0 Å². The number of aryl methyl sites for hydroxylation is 1. The lowest BCUT2D eigenvalue weighted by Gasteiger charge is -2.43. The second-order valence-electron chi connectivity index (χ2n) is 12.9. The largest absolute Gasteiger partial charge is 0.444 e. The first-order chi connectivity index (χ1) is 20.0. The minimum absolute atomic E-state index is 0.0123. The summed E-state index contributed by atoms with van der Waals surface area (Å²) in [7, 11) is 0. The third kappa shape index (κ3) is 7.04. The van der Waals surface area contributed by atoms with Crippen LogP contribution >= 0.6 is 11.3 Å². The summed E-state index contributed by atoms with van der Waals surface area (Å²) in [5.74, 6) is 0.800. The fourth-order valence-corrected chi connectivity index (χ4v) is 7.07. The lowest BCUT2D eigenvalue weighted by Crippen LogP contribution is -2.63. The molecule has 0 aromatic carbocycles. The predicted molar refractivity (Wildman–Crippen MR) is 163 cm³/mol. The van der Waals surface area contributed by atoms with E-state index in [0.29, 0.717) is 38.9 Å². The fraction of sp³-hybridized carbons (Fsp3) is 0.645. The number of anilines is 2. The van der Waals surface area contributed by atoms with Gasteiger partial charge in [0.15, 0.2) is 5.13 Å². The van der Waals surface area contributed by atoms with Gasteiger partial charge in [-0.25, -0.2) is 14.8 Å². The Labute approximate surface area is 252 Å². The van der Waals surface area contributed by atoms with Crippen molar-refractivity contribution in [1.29, 1.82) is 0 Å². The third-order valence-corrected chi connectivity index (χ3v) is 9.32. The molecule has 0 bridgehead atoms. The topological polar surface area (TPSA) is 117 Å². The van der Waals surface area contributed by atoms with Crippen LogP contribution in [0.25, 0.3) is 0 Å². The molecule has 10 nitrogen and oxygen atoms in total. The summed E-state index contributed by atoms with van der Waals surface area (Å²) in [4.78, 5) is 54.4. The molecule has 1 saturated carbocycles. The van der Waals surface area contributed by atoms with E-state index < -0.39 is 23.3 Å². The minimum atomic E-state index is -0.918. The van der Waals surface area contributed by atoms with Gasteiger partial charge in [-0.05, 0) is 78.4 Å². The van der Waals surface area contributed by atoms with Gasteiger partial charge < -0.3 is 20.3 Å². The number of carbonyl (C=O) groups excluding carboxylic acids is 3. The molecule has 3 fully saturated rings. The van der Waals surface area contributed by atoms with Crippen LogP contribution in [0.3, 0.4) is 0 Å². The molecule has 0 radical (unpaired) electrons. The van der Waals surface area contributed by atoms with E-state index in [4.69, 9.17) is 9.72 Å². The molecule has 1 aliphatic carbocycles. The highest BCUT2D eigenvalue weighted by Gasteiger charge is 2.47. The summed E-state index contributed by atoms with van der Waals surface area (Å²) in [6, 6.07) is 5.40. The Balaban J connectivity index is 1.22. The number of nitrogens with zero attached hydrogens (tertiary/aromatic N) is 4. The zero-order valence-electron chi connectivity index (χ0n) is 25.3. The molecule has 11 heteroatoms. The third-order valence-electron chi connectivity index (χ3n) is 8.49. The number of carbonyl (C=O) groups is 3. The van der Waals surface area contributed by atoms with Gasteiger partial charge in [-0.3, -0.25) is 14.5 Å². The van der Waals surface area contributed by atoms with Crippen molar-refractivity contribution in [3.63, 3.8) is 0 Å². The summed E-state index contributed by atoms with van der Waals surface area (Å²) in [5, 5.41) is 7.31. The number of amides is 3. The first kappa shape index (κ1) is 30.3. The van der Waals surface area contributed by atoms with E-state index in [9.17, 15) is 14.4 Å². The molecule has 1 atom stereocenters. The van der Waals surface area contributed by atoms with Crippen molar-refractivity contribution in [3.05, 3.63) is 35.0 Å². The minimum Gasteiger partial charge on any atom is -0.444 e. The Hall–Kier alpha value is -3.21. The Morgan fingerprint density at radius 2 is 1.76 bits per heavy atom. The average molecular weight is 597 g/mol. The molecule has 228 valence electrons. The highest BCUT2D eigenvalue weighted by atomic mass is 32.1. The predicted octanol–water partition coefficient (Wildman–Crippen LogP) is 5.51. The van der Waals surface area contributed by atoms with Crippen molar-refractivity contribution >= 4 is 40.2 Å². The van der Waals surface area contributed by atoms with Crippen LogP contribution in [0.15, 0.2) is 24.4 Å². The fourth-order valence-electron chi connectivity index (χ4n) is 6.40. The van der Waals surface area contributed by atoms with E-state index in [0.717, 1.165) is 60.0 Å². The van der Waals surface area contributed by atoms with E-state index in [1.165, 1.54) is 4.90 Å². The van der Waals surface area contributed by atoms with Crippen LogP contribution in [0.5, 0.6) is 0 Å². The normalized spacial score (nSPS) is 21.2. The van der Waals surface area contributed by atoms with Crippen LogP contribution in [0, 0.1) is 6.92 Å². The second kappa shape index (κ2) is 12.6. The van der Waals surface area contributed by atoms with E-state index in [1.807, 2.05) is 50.9 Å². The first-order valence-electron chi connectivity index (χ1n) is 15.3. The van der Waals surface area contributed by atoms with Crippen LogP contribution < -0.4 is 10.6 Å². The molecule has 0 spiro atoms. The summed E-state index contributed by atoms with van der Waals surface area (Å²) in [5.41, 5.74) is -0.538. The van der Waals surface area contributed by atoms with Crippen LogP contribution in [0.4, 0.5) is 15.7 Å². The lowest BCUT2D eigenvalue weighted by molar-refractivity contribution is -0.145. The number of piperidine rings is 1. The van der Waals surface area contributed by atoms with E-state index in [2.05, 4.69) is 21.7 Å². The number of hydrogen-bond donors (Lipinski definition) is 2. The molecule has 5 rings (SSSR count). The van der Waals surface area contributed by atoms with Gasteiger partial charge in [0.25, 0.3) is 0 Å². The van der Waals surface area contributed by atoms with Gasteiger partial charge >= 0.3 is 6.09 Å². The number of likely N-dealkylation sites (tertiary alicyclic amines) is 2. The first-order valence-corrected chi connectivity index (χ1v) is 16.1. The second-order valence-corrected chi connectivity index (χ2v) is 14.1. The standard InChI is InChI=1S/C31H44N6O4S/c1-21-20-32-28(42-21)34-25-12-8-10-23(33-25)22-13-18-36(19-14-22)27(39)31(15-6-5-7-16-31)35-26(38)24-11-9-17-37(24)29(40)41-30(2,3)4/h8,10,12,20,22,24H,5-7,9,11,13-19H2,1-4H3,(H,35,38)(H,32,33,34)/t24-/m0/s1. The summed E-state index contributed by atoms with van der Waals surface area (Å²) >= 11 is 1.59. The molecule has 4 heterocycles. The summed E-state index contributed by atoms with van der Waals surface area (Å²) < 4.78 is 5.56. The number of thiazole rings is 1. The van der Waals surface area contributed by atoms with Gasteiger partial charge in [0.2, 0.25) is 11.8 Å². The number of rotatable bonds is 6. The highest BCUT2D eigenvalue weighted by molar-refractivity contribution is 7.15. The zero-order valence-corrected chi connectivity index (χ0v) is 26.1. The Morgan fingerprint density at radius 1 is 1.02 bits per heavy atom. The average Bonchev–Trinajstić information content (AvgIpc) is 3.62.